The molecule has 0 aliphatic heterocycles. The van der Waals surface area contributed by atoms with Crippen molar-refractivity contribution in [3.63, 3.8) is 0 Å². The van der Waals surface area contributed by atoms with Crippen molar-refractivity contribution in [3.05, 3.63) is 22.7 Å². The van der Waals surface area contributed by atoms with Crippen molar-refractivity contribution in [1.29, 1.82) is 0 Å². The van der Waals surface area contributed by atoms with Gasteiger partial charge in [-0.2, -0.15) is 0 Å². The standard InChI is InChI=1S/C15H22BrNO/c1-18-15-9-13(16)8-14(10-15)17-11-12-6-4-2-3-5-7-12/h8-10,12,17H,2-7,11H2,1H3. The molecule has 2 nitrogen and oxygen atoms in total. The second kappa shape index (κ2) is 7.03. The fourth-order valence-corrected chi connectivity index (χ4v) is 3.09. The topological polar surface area (TPSA) is 21.3 Å². The van der Waals surface area contributed by atoms with Crippen LogP contribution >= 0.6 is 15.9 Å². The van der Waals surface area contributed by atoms with Crippen LogP contribution in [0.1, 0.15) is 38.5 Å². The van der Waals surface area contributed by atoms with Gasteiger partial charge in [0, 0.05) is 22.8 Å². The SMILES string of the molecule is COc1cc(Br)cc(NCC2CCCCCC2)c1. The molecule has 0 atom stereocenters. The highest BCUT2D eigenvalue weighted by atomic mass is 79.9. The summed E-state index contributed by atoms with van der Waals surface area (Å²) in [4.78, 5) is 0. The number of hydrogen-bond acceptors (Lipinski definition) is 2. The van der Waals surface area contributed by atoms with Crippen molar-refractivity contribution >= 4 is 21.6 Å². The van der Waals surface area contributed by atoms with Crippen molar-refractivity contribution in [2.24, 2.45) is 5.92 Å². The summed E-state index contributed by atoms with van der Waals surface area (Å²) in [6.45, 7) is 1.08. The van der Waals surface area contributed by atoms with Crippen molar-refractivity contribution < 1.29 is 4.74 Å². The molecule has 0 radical (unpaired) electrons. The number of nitrogens with one attached hydrogen (secondary N) is 1. The average Bonchev–Trinajstić information content (AvgIpc) is 2.64. The molecule has 18 heavy (non-hydrogen) atoms. The van der Waals surface area contributed by atoms with Gasteiger partial charge in [0.05, 0.1) is 7.11 Å². The Labute approximate surface area is 118 Å². The third-order valence-electron chi connectivity index (χ3n) is 3.68. The lowest BCUT2D eigenvalue weighted by atomic mass is 10.0. The lowest BCUT2D eigenvalue weighted by Crippen LogP contribution is -2.13. The van der Waals surface area contributed by atoms with Gasteiger partial charge in [0.25, 0.3) is 0 Å². The number of halogens is 1. The van der Waals surface area contributed by atoms with Gasteiger partial charge in [0.2, 0.25) is 0 Å². The molecule has 0 amide bonds. The Morgan fingerprint density at radius 3 is 2.56 bits per heavy atom. The van der Waals surface area contributed by atoms with Gasteiger partial charge >= 0.3 is 0 Å². The van der Waals surface area contributed by atoms with Crippen LogP contribution < -0.4 is 10.1 Å². The Hall–Kier alpha value is -0.700. The number of rotatable bonds is 4. The number of methoxy groups -OCH3 is 1. The van der Waals surface area contributed by atoms with Crippen molar-refractivity contribution in [1.82, 2.24) is 0 Å². The molecule has 1 saturated carbocycles. The van der Waals surface area contributed by atoms with E-state index in [0.29, 0.717) is 0 Å². The fraction of sp³-hybridized carbons (Fsp3) is 0.600. The molecular weight excluding hydrogens is 290 g/mol. The molecule has 0 heterocycles. The van der Waals surface area contributed by atoms with E-state index in [1.165, 1.54) is 38.5 Å². The molecule has 1 fully saturated rings. The monoisotopic (exact) mass is 311 g/mol. The minimum atomic E-state index is 0.831. The number of anilines is 1. The molecule has 3 heteroatoms. The number of hydrogen-bond donors (Lipinski definition) is 1. The highest BCUT2D eigenvalue weighted by Crippen LogP contribution is 2.26. The largest absolute Gasteiger partial charge is 0.497 e. The second-order valence-electron chi connectivity index (χ2n) is 5.12. The number of benzene rings is 1. The van der Waals surface area contributed by atoms with Crippen LogP contribution in [0.4, 0.5) is 5.69 Å². The van der Waals surface area contributed by atoms with E-state index in [-0.39, 0.29) is 0 Å². The van der Waals surface area contributed by atoms with E-state index in [9.17, 15) is 0 Å². The van der Waals surface area contributed by atoms with Crippen LogP contribution in [-0.2, 0) is 0 Å². The molecule has 0 unspecified atom stereocenters. The molecule has 1 aromatic rings. The Bertz CT molecular complexity index is 373. The summed E-state index contributed by atoms with van der Waals surface area (Å²) in [5, 5.41) is 3.55. The average molecular weight is 312 g/mol. The maximum Gasteiger partial charge on any atom is 0.122 e. The van der Waals surface area contributed by atoms with Gasteiger partial charge in [0.15, 0.2) is 0 Å². The molecule has 1 aliphatic carbocycles. The van der Waals surface area contributed by atoms with Gasteiger partial charge in [-0.05, 0) is 30.9 Å². The van der Waals surface area contributed by atoms with Gasteiger partial charge in [-0.15, -0.1) is 0 Å². The summed E-state index contributed by atoms with van der Waals surface area (Å²) in [5.74, 6) is 1.73. The minimum Gasteiger partial charge on any atom is -0.497 e. The first-order valence-electron chi connectivity index (χ1n) is 6.86. The third kappa shape index (κ3) is 4.20. The van der Waals surface area contributed by atoms with Gasteiger partial charge in [-0.1, -0.05) is 41.6 Å². The molecule has 100 valence electrons. The maximum atomic E-state index is 5.28. The second-order valence-corrected chi connectivity index (χ2v) is 6.03. The van der Waals surface area contributed by atoms with Crippen LogP contribution in [0.5, 0.6) is 5.75 Å². The molecule has 1 aliphatic rings. The zero-order valence-corrected chi connectivity index (χ0v) is 12.6. The molecule has 0 bridgehead atoms. The molecular formula is C15H22BrNO. The molecule has 1 aromatic carbocycles. The molecule has 0 saturated heterocycles. The van der Waals surface area contributed by atoms with Crippen LogP contribution in [-0.4, -0.2) is 13.7 Å². The predicted octanol–water partition coefficient (Wildman–Crippen LogP) is 4.84. The lowest BCUT2D eigenvalue weighted by Gasteiger charge is -2.16. The molecule has 0 aromatic heterocycles. The normalized spacial score (nSPS) is 17.2. The van der Waals surface area contributed by atoms with Crippen molar-refractivity contribution in [2.75, 3.05) is 19.0 Å². The van der Waals surface area contributed by atoms with Crippen LogP contribution in [0, 0.1) is 5.92 Å². The third-order valence-corrected chi connectivity index (χ3v) is 4.13. The summed E-state index contributed by atoms with van der Waals surface area (Å²) in [5.41, 5.74) is 1.14. The lowest BCUT2D eigenvalue weighted by molar-refractivity contribution is 0.414. The molecule has 0 spiro atoms. The first-order valence-corrected chi connectivity index (χ1v) is 7.65. The summed E-state index contributed by atoms with van der Waals surface area (Å²) in [7, 11) is 1.71. The van der Waals surface area contributed by atoms with Gasteiger partial charge in [-0.3, -0.25) is 0 Å². The maximum absolute atomic E-state index is 5.28. The summed E-state index contributed by atoms with van der Waals surface area (Å²) >= 11 is 3.51. The van der Waals surface area contributed by atoms with E-state index in [4.69, 9.17) is 4.74 Å². The first-order chi connectivity index (χ1) is 8.78. The molecule has 2 rings (SSSR count). The van der Waals surface area contributed by atoms with Crippen LogP contribution in [0.2, 0.25) is 0 Å². The smallest absolute Gasteiger partial charge is 0.122 e. The van der Waals surface area contributed by atoms with E-state index in [1.54, 1.807) is 7.11 Å². The predicted molar refractivity (Wildman–Crippen MR) is 80.4 cm³/mol. The minimum absolute atomic E-state index is 0.831. The van der Waals surface area contributed by atoms with E-state index in [0.717, 1.165) is 28.4 Å². The quantitative estimate of drug-likeness (QED) is 0.803. The Balaban J connectivity index is 1.90. The Morgan fingerprint density at radius 1 is 1.17 bits per heavy atom. The molecule has 1 N–H and O–H groups in total. The van der Waals surface area contributed by atoms with Crippen LogP contribution in [0.15, 0.2) is 22.7 Å². The van der Waals surface area contributed by atoms with E-state index >= 15 is 0 Å². The number of ether oxygens (including phenoxy) is 1. The van der Waals surface area contributed by atoms with E-state index in [1.807, 2.05) is 6.07 Å². The van der Waals surface area contributed by atoms with Gasteiger partial charge in [0.1, 0.15) is 5.75 Å². The highest BCUT2D eigenvalue weighted by Gasteiger charge is 2.12. The summed E-state index contributed by atoms with van der Waals surface area (Å²) < 4.78 is 6.34. The Morgan fingerprint density at radius 2 is 1.89 bits per heavy atom. The highest BCUT2D eigenvalue weighted by molar-refractivity contribution is 9.10. The van der Waals surface area contributed by atoms with Crippen molar-refractivity contribution in [2.45, 2.75) is 38.5 Å². The van der Waals surface area contributed by atoms with Crippen LogP contribution in [0.25, 0.3) is 0 Å². The summed E-state index contributed by atoms with van der Waals surface area (Å²) in [6, 6.07) is 6.15. The van der Waals surface area contributed by atoms with Crippen LogP contribution in [0.3, 0.4) is 0 Å². The zero-order chi connectivity index (χ0) is 12.8. The fourth-order valence-electron chi connectivity index (χ4n) is 2.61. The summed E-state index contributed by atoms with van der Waals surface area (Å²) in [6.07, 6.45) is 8.38. The van der Waals surface area contributed by atoms with Gasteiger partial charge < -0.3 is 10.1 Å². The van der Waals surface area contributed by atoms with E-state index < -0.39 is 0 Å². The van der Waals surface area contributed by atoms with Crippen molar-refractivity contribution in [3.8, 4) is 5.75 Å². The first kappa shape index (κ1) is 13.7. The zero-order valence-electron chi connectivity index (χ0n) is 11.0. The van der Waals surface area contributed by atoms with Gasteiger partial charge in [-0.25, -0.2) is 0 Å². The van der Waals surface area contributed by atoms with E-state index in [2.05, 4.69) is 33.4 Å². The Kier molecular flexibility index (Phi) is 5.36.